The second-order valence-corrected chi connectivity index (χ2v) is 7.39. The Morgan fingerprint density at radius 2 is 2.22 bits per heavy atom. The Balaban J connectivity index is 1.85. The Hall–Kier alpha value is -1.63. The Kier molecular flexibility index (Phi) is 6.38. The van der Waals surface area contributed by atoms with Gasteiger partial charge in [0.15, 0.2) is 0 Å². The summed E-state index contributed by atoms with van der Waals surface area (Å²) in [5, 5.41) is 8.74. The number of thiazole rings is 1. The molecule has 2 heterocycles. The molecule has 128 valence electrons. The monoisotopic (exact) mass is 338 g/mol. The number of nitrogens with zero attached hydrogens (tertiary/aromatic N) is 2. The third kappa shape index (κ3) is 5.20. The third-order valence-electron chi connectivity index (χ3n) is 3.92. The Morgan fingerprint density at radius 1 is 1.43 bits per heavy atom. The SMILES string of the molecule is CC(C)CNC(=O)N1CCC[C@H](C(=O)N[C@@H](C)c2nccs2)C1. The van der Waals surface area contributed by atoms with Gasteiger partial charge in [-0.1, -0.05) is 13.8 Å². The summed E-state index contributed by atoms with van der Waals surface area (Å²) in [5.74, 6) is 0.284. The first kappa shape index (κ1) is 17.7. The van der Waals surface area contributed by atoms with Crippen LogP contribution in [-0.2, 0) is 4.79 Å². The van der Waals surface area contributed by atoms with Crippen LogP contribution < -0.4 is 10.6 Å². The van der Waals surface area contributed by atoms with Crippen LogP contribution in [-0.4, -0.2) is 41.5 Å². The van der Waals surface area contributed by atoms with Crippen molar-refractivity contribution in [3.05, 3.63) is 16.6 Å². The third-order valence-corrected chi connectivity index (χ3v) is 4.88. The van der Waals surface area contributed by atoms with Gasteiger partial charge in [-0.2, -0.15) is 0 Å². The zero-order valence-corrected chi connectivity index (χ0v) is 14.9. The highest BCUT2D eigenvalue weighted by Crippen LogP contribution is 2.20. The molecule has 1 aliphatic heterocycles. The molecule has 23 heavy (non-hydrogen) atoms. The summed E-state index contributed by atoms with van der Waals surface area (Å²) >= 11 is 1.53. The van der Waals surface area contributed by atoms with Crippen molar-refractivity contribution in [3.8, 4) is 0 Å². The molecule has 0 aliphatic carbocycles. The molecule has 0 radical (unpaired) electrons. The van der Waals surface area contributed by atoms with Crippen molar-refractivity contribution in [1.29, 1.82) is 0 Å². The minimum Gasteiger partial charge on any atom is -0.347 e. The molecule has 7 heteroatoms. The van der Waals surface area contributed by atoms with Crippen molar-refractivity contribution in [3.63, 3.8) is 0 Å². The number of hydrogen-bond donors (Lipinski definition) is 2. The van der Waals surface area contributed by atoms with Gasteiger partial charge in [0.25, 0.3) is 0 Å². The van der Waals surface area contributed by atoms with E-state index in [2.05, 4.69) is 29.5 Å². The standard InChI is InChI=1S/C16H26N4O2S/c1-11(2)9-18-16(22)20-7-4-5-13(10-20)14(21)19-12(3)15-17-6-8-23-15/h6,8,11-13H,4-5,7,9-10H2,1-3H3,(H,18,22)(H,19,21)/t12-,13-/m0/s1. The summed E-state index contributed by atoms with van der Waals surface area (Å²) in [5.41, 5.74) is 0. The Labute approximate surface area is 141 Å². The molecule has 1 aliphatic rings. The van der Waals surface area contributed by atoms with Gasteiger partial charge < -0.3 is 15.5 Å². The number of rotatable bonds is 5. The highest BCUT2D eigenvalue weighted by molar-refractivity contribution is 7.09. The highest BCUT2D eigenvalue weighted by Gasteiger charge is 2.29. The summed E-state index contributed by atoms with van der Waals surface area (Å²) in [6.45, 7) is 7.93. The molecule has 6 nitrogen and oxygen atoms in total. The van der Waals surface area contributed by atoms with Crippen LogP contribution in [0, 0.1) is 11.8 Å². The summed E-state index contributed by atoms with van der Waals surface area (Å²) in [7, 11) is 0. The van der Waals surface area contributed by atoms with Crippen LogP contribution >= 0.6 is 11.3 Å². The van der Waals surface area contributed by atoms with Gasteiger partial charge in [-0.15, -0.1) is 11.3 Å². The first-order chi connectivity index (χ1) is 11.0. The number of nitrogens with one attached hydrogen (secondary N) is 2. The van der Waals surface area contributed by atoms with E-state index in [1.807, 2.05) is 12.3 Å². The molecular weight excluding hydrogens is 312 g/mol. The van der Waals surface area contributed by atoms with Gasteiger partial charge in [0.1, 0.15) is 5.01 Å². The number of carbonyl (C=O) groups is 2. The first-order valence-corrected chi connectivity index (χ1v) is 9.08. The molecule has 1 aromatic heterocycles. The summed E-state index contributed by atoms with van der Waals surface area (Å²) in [6.07, 6.45) is 3.42. The van der Waals surface area contributed by atoms with E-state index >= 15 is 0 Å². The minimum absolute atomic E-state index is 0.00839. The van der Waals surface area contributed by atoms with Crippen LogP contribution in [0.25, 0.3) is 0 Å². The number of aromatic nitrogens is 1. The van der Waals surface area contributed by atoms with Crippen LogP contribution in [0.5, 0.6) is 0 Å². The lowest BCUT2D eigenvalue weighted by Crippen LogP contribution is -2.49. The topological polar surface area (TPSA) is 74.3 Å². The quantitative estimate of drug-likeness (QED) is 0.866. The summed E-state index contributed by atoms with van der Waals surface area (Å²) in [6, 6.07) is -0.156. The molecule has 1 fully saturated rings. The van der Waals surface area contributed by atoms with Gasteiger partial charge in [0.05, 0.1) is 12.0 Å². The molecule has 2 rings (SSSR count). The van der Waals surface area contributed by atoms with E-state index in [1.165, 1.54) is 11.3 Å². The fraction of sp³-hybridized carbons (Fsp3) is 0.688. The number of likely N-dealkylation sites (tertiary alicyclic amines) is 1. The molecule has 2 N–H and O–H groups in total. The average Bonchev–Trinajstić information content (AvgIpc) is 3.07. The van der Waals surface area contributed by atoms with Crippen LogP contribution in [0.4, 0.5) is 4.79 Å². The maximum atomic E-state index is 12.4. The zero-order valence-electron chi connectivity index (χ0n) is 14.0. The fourth-order valence-electron chi connectivity index (χ4n) is 2.62. The maximum Gasteiger partial charge on any atom is 0.317 e. The maximum absolute atomic E-state index is 12.4. The number of hydrogen-bond acceptors (Lipinski definition) is 4. The highest BCUT2D eigenvalue weighted by atomic mass is 32.1. The van der Waals surface area contributed by atoms with Crippen molar-refractivity contribution in [2.75, 3.05) is 19.6 Å². The molecule has 0 unspecified atom stereocenters. The molecule has 3 amide bonds. The summed E-state index contributed by atoms with van der Waals surface area (Å²) < 4.78 is 0. The molecule has 0 bridgehead atoms. The van der Waals surface area contributed by atoms with E-state index in [0.717, 1.165) is 24.4 Å². The lowest BCUT2D eigenvalue weighted by molar-refractivity contribution is -0.126. The largest absolute Gasteiger partial charge is 0.347 e. The van der Waals surface area contributed by atoms with Crippen molar-refractivity contribution < 1.29 is 9.59 Å². The number of carbonyl (C=O) groups excluding carboxylic acids is 2. The average molecular weight is 338 g/mol. The number of amides is 3. The van der Waals surface area contributed by atoms with E-state index < -0.39 is 0 Å². The molecule has 0 aromatic carbocycles. The van der Waals surface area contributed by atoms with Crippen molar-refractivity contribution >= 4 is 23.3 Å². The van der Waals surface area contributed by atoms with Gasteiger partial charge in [0, 0.05) is 31.2 Å². The smallest absolute Gasteiger partial charge is 0.317 e. The van der Waals surface area contributed by atoms with Crippen LogP contribution in [0.1, 0.15) is 44.7 Å². The molecule has 0 saturated carbocycles. The fourth-order valence-corrected chi connectivity index (χ4v) is 3.27. The normalized spacial score (nSPS) is 19.5. The first-order valence-electron chi connectivity index (χ1n) is 8.20. The second kappa shape index (κ2) is 8.29. The van der Waals surface area contributed by atoms with Gasteiger partial charge in [-0.05, 0) is 25.7 Å². The van der Waals surface area contributed by atoms with E-state index in [9.17, 15) is 9.59 Å². The van der Waals surface area contributed by atoms with Crippen LogP contribution in [0.15, 0.2) is 11.6 Å². The second-order valence-electron chi connectivity index (χ2n) is 6.47. The van der Waals surface area contributed by atoms with Crippen molar-refractivity contribution in [1.82, 2.24) is 20.5 Å². The molecule has 2 atom stereocenters. The number of piperidine rings is 1. The Bertz CT molecular complexity index is 518. The van der Waals surface area contributed by atoms with Gasteiger partial charge in [0.2, 0.25) is 5.91 Å². The molecule has 0 spiro atoms. The van der Waals surface area contributed by atoms with Crippen LogP contribution in [0.3, 0.4) is 0 Å². The van der Waals surface area contributed by atoms with Gasteiger partial charge in [-0.25, -0.2) is 9.78 Å². The lowest BCUT2D eigenvalue weighted by atomic mass is 9.97. The van der Waals surface area contributed by atoms with E-state index in [4.69, 9.17) is 0 Å². The van der Waals surface area contributed by atoms with Gasteiger partial charge in [-0.3, -0.25) is 4.79 Å². The van der Waals surface area contributed by atoms with E-state index in [1.54, 1.807) is 11.1 Å². The van der Waals surface area contributed by atoms with E-state index in [0.29, 0.717) is 19.0 Å². The van der Waals surface area contributed by atoms with Gasteiger partial charge >= 0.3 is 6.03 Å². The zero-order chi connectivity index (χ0) is 16.8. The molecular formula is C16H26N4O2S. The predicted molar refractivity (Wildman–Crippen MR) is 91.2 cm³/mol. The number of urea groups is 1. The van der Waals surface area contributed by atoms with Crippen LogP contribution in [0.2, 0.25) is 0 Å². The van der Waals surface area contributed by atoms with Crippen molar-refractivity contribution in [2.24, 2.45) is 11.8 Å². The molecule has 1 aromatic rings. The van der Waals surface area contributed by atoms with E-state index in [-0.39, 0.29) is 23.9 Å². The Morgan fingerprint density at radius 3 is 2.87 bits per heavy atom. The molecule has 1 saturated heterocycles. The van der Waals surface area contributed by atoms with Crippen molar-refractivity contribution in [2.45, 2.75) is 39.7 Å². The minimum atomic E-state index is -0.143. The predicted octanol–water partition coefficient (Wildman–Crippen LogP) is 2.40. The lowest BCUT2D eigenvalue weighted by Gasteiger charge is -2.32. The summed E-state index contributed by atoms with van der Waals surface area (Å²) in [4.78, 5) is 30.6.